The summed E-state index contributed by atoms with van der Waals surface area (Å²) in [5, 5.41) is 1.03. The predicted molar refractivity (Wildman–Crippen MR) is 141 cm³/mol. The number of nitrogens with one attached hydrogen (secondary N) is 1. The fourth-order valence-electron chi connectivity index (χ4n) is 5.27. The maximum atomic E-state index is 13.6. The van der Waals surface area contributed by atoms with Crippen molar-refractivity contribution in [2.24, 2.45) is 0 Å². The fraction of sp³-hybridized carbons (Fsp3) is 0.300. The van der Waals surface area contributed by atoms with Gasteiger partial charge in [0.1, 0.15) is 5.75 Å². The standard InChI is InChI=1S/C30H33N3O2/c1-20-10-11-21(2)25(16-20)29(23-8-6-5-7-9-23)32-12-14-33(15-13-32)30(34)26-18-24-17-22(3)31-27(24)19-28(26)35-4/h5-11,16-19,29,31H,12-15H2,1-4H3. The number of rotatable bonds is 5. The molecule has 35 heavy (non-hydrogen) atoms. The Bertz CT molecular complexity index is 1350. The van der Waals surface area contributed by atoms with Crippen molar-refractivity contribution >= 4 is 16.8 Å². The van der Waals surface area contributed by atoms with Gasteiger partial charge in [-0.15, -0.1) is 0 Å². The number of hydrogen-bond acceptors (Lipinski definition) is 3. The van der Waals surface area contributed by atoms with Crippen molar-refractivity contribution < 1.29 is 9.53 Å². The third-order valence-corrected chi connectivity index (χ3v) is 7.12. The van der Waals surface area contributed by atoms with Gasteiger partial charge in [0.05, 0.1) is 18.7 Å². The van der Waals surface area contributed by atoms with Crippen LogP contribution in [0.4, 0.5) is 0 Å². The molecule has 5 nitrogen and oxygen atoms in total. The number of aromatic nitrogens is 1. The van der Waals surface area contributed by atoms with Crippen molar-refractivity contribution in [2.75, 3.05) is 33.3 Å². The highest BCUT2D eigenvalue weighted by atomic mass is 16.5. The first-order valence-electron chi connectivity index (χ1n) is 12.3. The van der Waals surface area contributed by atoms with Gasteiger partial charge in [0, 0.05) is 48.8 Å². The van der Waals surface area contributed by atoms with E-state index in [4.69, 9.17) is 4.74 Å². The zero-order valence-electron chi connectivity index (χ0n) is 21.0. The van der Waals surface area contributed by atoms with E-state index in [1.54, 1.807) is 7.11 Å². The number of benzene rings is 3. The van der Waals surface area contributed by atoms with Gasteiger partial charge < -0.3 is 14.6 Å². The molecule has 0 spiro atoms. The second-order valence-electron chi connectivity index (χ2n) is 9.59. The van der Waals surface area contributed by atoms with Crippen molar-refractivity contribution in [3.8, 4) is 5.75 Å². The molecule has 4 aromatic rings. The van der Waals surface area contributed by atoms with Crippen LogP contribution in [0.25, 0.3) is 10.9 Å². The second-order valence-corrected chi connectivity index (χ2v) is 9.59. The first-order valence-corrected chi connectivity index (χ1v) is 12.3. The molecule has 1 amide bonds. The van der Waals surface area contributed by atoms with Gasteiger partial charge in [-0.2, -0.15) is 0 Å². The monoisotopic (exact) mass is 467 g/mol. The number of nitrogens with zero attached hydrogens (tertiary/aromatic N) is 2. The molecule has 1 fully saturated rings. The van der Waals surface area contributed by atoms with E-state index in [1.807, 2.05) is 24.0 Å². The number of aromatic amines is 1. The highest BCUT2D eigenvalue weighted by molar-refractivity contribution is 6.01. The van der Waals surface area contributed by atoms with E-state index in [0.717, 1.165) is 29.7 Å². The molecule has 3 aromatic carbocycles. The van der Waals surface area contributed by atoms with E-state index in [1.165, 1.54) is 22.3 Å². The smallest absolute Gasteiger partial charge is 0.257 e. The number of ether oxygens (including phenoxy) is 1. The first kappa shape index (κ1) is 23.2. The first-order chi connectivity index (χ1) is 16.9. The van der Waals surface area contributed by atoms with Gasteiger partial charge in [-0.25, -0.2) is 0 Å². The number of carbonyl (C=O) groups excluding carboxylic acids is 1. The number of carbonyl (C=O) groups is 1. The molecule has 0 bridgehead atoms. The number of H-pyrrole nitrogens is 1. The average Bonchev–Trinajstić information content (AvgIpc) is 3.25. The summed E-state index contributed by atoms with van der Waals surface area (Å²) in [6, 6.07) is 23.5. The molecule has 1 saturated heterocycles. The minimum Gasteiger partial charge on any atom is -0.496 e. The summed E-state index contributed by atoms with van der Waals surface area (Å²) < 4.78 is 5.60. The van der Waals surface area contributed by atoms with Gasteiger partial charge in [0.25, 0.3) is 5.91 Å². The molecule has 180 valence electrons. The highest BCUT2D eigenvalue weighted by Crippen LogP contribution is 2.33. The third kappa shape index (κ3) is 4.56. The summed E-state index contributed by atoms with van der Waals surface area (Å²) >= 11 is 0. The lowest BCUT2D eigenvalue weighted by atomic mass is 9.92. The normalized spacial score (nSPS) is 15.4. The Morgan fingerprint density at radius 2 is 1.66 bits per heavy atom. The lowest BCUT2D eigenvalue weighted by Gasteiger charge is -2.40. The van der Waals surface area contributed by atoms with E-state index in [-0.39, 0.29) is 11.9 Å². The minimum absolute atomic E-state index is 0.0326. The van der Waals surface area contributed by atoms with Crippen LogP contribution in [0.5, 0.6) is 5.75 Å². The zero-order valence-corrected chi connectivity index (χ0v) is 21.0. The molecule has 0 aliphatic carbocycles. The van der Waals surface area contributed by atoms with Crippen LogP contribution in [0.3, 0.4) is 0 Å². The summed E-state index contributed by atoms with van der Waals surface area (Å²) in [5.41, 5.74) is 7.87. The van der Waals surface area contributed by atoms with Gasteiger partial charge >= 0.3 is 0 Å². The molecule has 1 unspecified atom stereocenters. The van der Waals surface area contributed by atoms with Crippen LogP contribution in [-0.4, -0.2) is 54.0 Å². The molecule has 5 rings (SSSR count). The fourth-order valence-corrected chi connectivity index (χ4v) is 5.27. The summed E-state index contributed by atoms with van der Waals surface area (Å²) in [6.07, 6.45) is 0. The molecule has 5 heteroatoms. The Balaban J connectivity index is 1.40. The van der Waals surface area contributed by atoms with Crippen LogP contribution in [0.1, 0.15) is 44.3 Å². The van der Waals surface area contributed by atoms with Gasteiger partial charge in [0.2, 0.25) is 0 Å². The van der Waals surface area contributed by atoms with E-state index in [9.17, 15) is 4.79 Å². The Hall–Kier alpha value is -3.57. The number of aryl methyl sites for hydroxylation is 3. The Labute approximate surface area is 207 Å². The van der Waals surface area contributed by atoms with Crippen molar-refractivity contribution in [3.63, 3.8) is 0 Å². The molecule has 1 atom stereocenters. The van der Waals surface area contributed by atoms with Crippen molar-refractivity contribution in [3.05, 3.63) is 100 Å². The lowest BCUT2D eigenvalue weighted by molar-refractivity contribution is 0.0594. The minimum atomic E-state index is 0.0326. The lowest BCUT2D eigenvalue weighted by Crippen LogP contribution is -2.50. The number of amides is 1. The number of methoxy groups -OCH3 is 1. The van der Waals surface area contributed by atoms with Crippen LogP contribution in [0.15, 0.2) is 66.7 Å². The Morgan fingerprint density at radius 3 is 2.37 bits per heavy atom. The Morgan fingerprint density at radius 1 is 0.914 bits per heavy atom. The van der Waals surface area contributed by atoms with Crippen LogP contribution < -0.4 is 4.74 Å². The SMILES string of the molecule is COc1cc2[nH]c(C)cc2cc1C(=O)N1CCN(C(c2ccccc2)c2cc(C)ccc2C)CC1. The van der Waals surface area contributed by atoms with Gasteiger partial charge in [-0.3, -0.25) is 9.69 Å². The van der Waals surface area contributed by atoms with E-state index >= 15 is 0 Å². The second kappa shape index (κ2) is 9.59. The van der Waals surface area contributed by atoms with Crippen LogP contribution in [0, 0.1) is 20.8 Å². The quantitative estimate of drug-likeness (QED) is 0.413. The number of piperazine rings is 1. The van der Waals surface area contributed by atoms with Gasteiger partial charge in [-0.1, -0.05) is 54.1 Å². The van der Waals surface area contributed by atoms with Crippen molar-refractivity contribution in [1.82, 2.24) is 14.8 Å². The van der Waals surface area contributed by atoms with E-state index in [2.05, 4.69) is 78.3 Å². The number of fused-ring (bicyclic) bond motifs is 1. The largest absolute Gasteiger partial charge is 0.496 e. The van der Waals surface area contributed by atoms with Gasteiger partial charge in [-0.05, 0) is 49.6 Å². The zero-order chi connectivity index (χ0) is 24.5. The average molecular weight is 468 g/mol. The highest BCUT2D eigenvalue weighted by Gasteiger charge is 2.30. The summed E-state index contributed by atoms with van der Waals surface area (Å²) in [5.74, 6) is 0.648. The molecule has 1 N–H and O–H groups in total. The van der Waals surface area contributed by atoms with Crippen LogP contribution >= 0.6 is 0 Å². The van der Waals surface area contributed by atoms with Crippen LogP contribution in [-0.2, 0) is 0 Å². The molecule has 1 aromatic heterocycles. The molecule has 1 aliphatic heterocycles. The summed E-state index contributed by atoms with van der Waals surface area (Å²) in [6.45, 7) is 9.35. The van der Waals surface area contributed by atoms with E-state index in [0.29, 0.717) is 24.4 Å². The van der Waals surface area contributed by atoms with Gasteiger partial charge in [0.15, 0.2) is 0 Å². The molecule has 2 heterocycles. The summed E-state index contributed by atoms with van der Waals surface area (Å²) in [7, 11) is 1.63. The molecule has 0 saturated carbocycles. The predicted octanol–water partition coefficient (Wildman–Crippen LogP) is 5.65. The Kier molecular flexibility index (Phi) is 6.35. The van der Waals surface area contributed by atoms with Crippen LogP contribution in [0.2, 0.25) is 0 Å². The topological polar surface area (TPSA) is 48.6 Å². The summed E-state index contributed by atoms with van der Waals surface area (Å²) in [4.78, 5) is 21.4. The molecular weight excluding hydrogens is 434 g/mol. The molecular formula is C30H33N3O2. The van der Waals surface area contributed by atoms with Crippen molar-refractivity contribution in [2.45, 2.75) is 26.8 Å². The molecule has 0 radical (unpaired) electrons. The number of hydrogen-bond donors (Lipinski definition) is 1. The maximum Gasteiger partial charge on any atom is 0.257 e. The molecule has 1 aliphatic rings. The maximum absolute atomic E-state index is 13.6. The third-order valence-electron chi connectivity index (χ3n) is 7.12. The van der Waals surface area contributed by atoms with E-state index < -0.39 is 0 Å². The van der Waals surface area contributed by atoms with Crippen molar-refractivity contribution in [1.29, 1.82) is 0 Å².